The molecular formula is C30H26O2. The van der Waals surface area contributed by atoms with Gasteiger partial charge in [0.2, 0.25) is 0 Å². The van der Waals surface area contributed by atoms with Crippen LogP contribution in [-0.4, -0.2) is 11.6 Å². The van der Waals surface area contributed by atoms with E-state index in [-0.39, 0.29) is 11.6 Å². The van der Waals surface area contributed by atoms with E-state index in [0.29, 0.717) is 22.3 Å². The Balaban J connectivity index is 1.44. The lowest BCUT2D eigenvalue weighted by atomic mass is 9.97. The summed E-state index contributed by atoms with van der Waals surface area (Å²) in [4.78, 5) is 25.5. The fourth-order valence-electron chi connectivity index (χ4n) is 3.71. The van der Waals surface area contributed by atoms with Crippen molar-refractivity contribution in [3.63, 3.8) is 0 Å². The summed E-state index contributed by atoms with van der Waals surface area (Å²) in [6.07, 6.45) is 1.88. The van der Waals surface area contributed by atoms with Crippen molar-refractivity contribution in [3.8, 4) is 0 Å². The lowest BCUT2D eigenvalue weighted by Crippen LogP contribution is -2.04. The lowest BCUT2D eigenvalue weighted by Gasteiger charge is -2.07. The Labute approximate surface area is 189 Å². The third-order valence-corrected chi connectivity index (χ3v) is 5.78. The van der Waals surface area contributed by atoms with Gasteiger partial charge in [0.05, 0.1) is 0 Å². The van der Waals surface area contributed by atoms with Gasteiger partial charge in [0, 0.05) is 22.3 Å². The third kappa shape index (κ3) is 4.92. The Hall–Kier alpha value is -3.78. The minimum absolute atomic E-state index is 0.0414. The van der Waals surface area contributed by atoms with Gasteiger partial charge >= 0.3 is 0 Å². The van der Waals surface area contributed by atoms with Crippen molar-refractivity contribution in [3.05, 3.63) is 142 Å². The van der Waals surface area contributed by atoms with Crippen LogP contribution in [-0.2, 0) is 12.8 Å². The molecule has 0 saturated carbocycles. The van der Waals surface area contributed by atoms with Crippen LogP contribution in [0.4, 0.5) is 0 Å². The molecule has 0 N–H and O–H groups in total. The molecule has 2 nitrogen and oxygen atoms in total. The van der Waals surface area contributed by atoms with Crippen LogP contribution < -0.4 is 0 Å². The second-order valence-electron chi connectivity index (χ2n) is 8.15. The predicted molar refractivity (Wildman–Crippen MR) is 130 cm³/mol. The highest BCUT2D eigenvalue weighted by Gasteiger charge is 2.12. The fourth-order valence-corrected chi connectivity index (χ4v) is 3.71. The second-order valence-corrected chi connectivity index (χ2v) is 8.15. The second kappa shape index (κ2) is 9.57. The van der Waals surface area contributed by atoms with Crippen molar-refractivity contribution in [1.29, 1.82) is 0 Å². The smallest absolute Gasteiger partial charge is 0.193 e. The minimum atomic E-state index is -0.0433. The topological polar surface area (TPSA) is 34.1 Å². The molecule has 0 amide bonds. The molecule has 0 bridgehead atoms. The first-order chi connectivity index (χ1) is 15.5. The quantitative estimate of drug-likeness (QED) is 0.316. The molecule has 2 heteroatoms. The molecule has 0 atom stereocenters. The number of carbonyl (C=O) groups is 2. The van der Waals surface area contributed by atoms with Crippen LogP contribution in [0.2, 0.25) is 0 Å². The van der Waals surface area contributed by atoms with Crippen molar-refractivity contribution in [2.24, 2.45) is 0 Å². The Morgan fingerprint density at radius 1 is 0.500 bits per heavy atom. The van der Waals surface area contributed by atoms with E-state index in [4.69, 9.17) is 0 Å². The maximum atomic E-state index is 12.9. The van der Waals surface area contributed by atoms with E-state index in [9.17, 15) is 9.59 Å². The molecule has 0 aromatic heterocycles. The molecule has 4 aromatic rings. The Bertz CT molecular complexity index is 1210. The number of hydrogen-bond donors (Lipinski definition) is 0. The molecule has 32 heavy (non-hydrogen) atoms. The predicted octanol–water partition coefficient (Wildman–Crippen LogP) is 6.61. The van der Waals surface area contributed by atoms with Crippen molar-refractivity contribution >= 4 is 11.6 Å². The number of hydrogen-bond acceptors (Lipinski definition) is 2. The molecule has 0 unspecified atom stereocenters. The molecule has 0 aliphatic heterocycles. The lowest BCUT2D eigenvalue weighted by molar-refractivity contribution is 0.102. The van der Waals surface area contributed by atoms with Crippen LogP contribution in [0.1, 0.15) is 61.0 Å². The average molecular weight is 419 g/mol. The zero-order valence-corrected chi connectivity index (χ0v) is 18.5. The molecule has 0 saturated heterocycles. The Kier molecular flexibility index (Phi) is 6.42. The standard InChI is InChI=1S/C30H26O2/c1-3-22-6-8-23(9-7-22)20-24-10-14-26(15-11-24)30(32)28-18-16-27(17-19-28)29(31)25-12-4-21(2)5-13-25/h4-19H,3,20H2,1-2H3. The highest BCUT2D eigenvalue weighted by atomic mass is 16.1. The molecule has 4 aromatic carbocycles. The van der Waals surface area contributed by atoms with E-state index in [2.05, 4.69) is 31.2 Å². The van der Waals surface area contributed by atoms with E-state index in [1.165, 1.54) is 16.7 Å². The maximum absolute atomic E-state index is 12.9. The van der Waals surface area contributed by atoms with Crippen LogP contribution in [0.5, 0.6) is 0 Å². The molecule has 0 heterocycles. The van der Waals surface area contributed by atoms with E-state index in [1.807, 2.05) is 55.5 Å². The summed E-state index contributed by atoms with van der Waals surface area (Å²) in [5, 5.41) is 0. The first-order valence-electron chi connectivity index (χ1n) is 11.0. The van der Waals surface area contributed by atoms with Gasteiger partial charge < -0.3 is 0 Å². The average Bonchev–Trinajstić information content (AvgIpc) is 2.85. The summed E-state index contributed by atoms with van der Waals surface area (Å²) in [5.74, 6) is -0.0847. The SMILES string of the molecule is CCc1ccc(Cc2ccc(C(=O)c3ccc(C(=O)c4ccc(C)cc4)cc3)cc2)cc1. The van der Waals surface area contributed by atoms with Gasteiger partial charge in [0.1, 0.15) is 0 Å². The molecule has 158 valence electrons. The van der Waals surface area contributed by atoms with Gasteiger partial charge in [-0.1, -0.05) is 110 Å². The van der Waals surface area contributed by atoms with E-state index in [1.54, 1.807) is 24.3 Å². The van der Waals surface area contributed by atoms with Gasteiger partial charge in [0.25, 0.3) is 0 Å². The molecule has 0 aliphatic rings. The van der Waals surface area contributed by atoms with Crippen molar-refractivity contribution in [1.82, 2.24) is 0 Å². The van der Waals surface area contributed by atoms with Gasteiger partial charge in [-0.25, -0.2) is 0 Å². The first kappa shape index (κ1) is 21.5. The Morgan fingerprint density at radius 2 is 0.812 bits per heavy atom. The molecular weight excluding hydrogens is 392 g/mol. The molecule has 4 rings (SSSR count). The summed E-state index contributed by atoms with van der Waals surface area (Å²) in [6.45, 7) is 4.14. The van der Waals surface area contributed by atoms with Crippen molar-refractivity contribution < 1.29 is 9.59 Å². The molecule has 0 spiro atoms. The maximum Gasteiger partial charge on any atom is 0.193 e. The van der Waals surface area contributed by atoms with Crippen LogP contribution in [0.3, 0.4) is 0 Å². The van der Waals surface area contributed by atoms with E-state index >= 15 is 0 Å². The van der Waals surface area contributed by atoms with Gasteiger partial charge in [-0.2, -0.15) is 0 Å². The summed E-state index contributed by atoms with van der Waals surface area (Å²) < 4.78 is 0. The van der Waals surface area contributed by atoms with Gasteiger partial charge in [-0.05, 0) is 36.5 Å². The van der Waals surface area contributed by atoms with Gasteiger partial charge in [-0.15, -0.1) is 0 Å². The van der Waals surface area contributed by atoms with Crippen molar-refractivity contribution in [2.75, 3.05) is 0 Å². The van der Waals surface area contributed by atoms with E-state index < -0.39 is 0 Å². The highest BCUT2D eigenvalue weighted by molar-refractivity contribution is 6.11. The zero-order valence-electron chi connectivity index (χ0n) is 18.5. The number of aryl methyl sites for hydroxylation is 2. The zero-order chi connectivity index (χ0) is 22.5. The van der Waals surface area contributed by atoms with Crippen LogP contribution in [0, 0.1) is 6.92 Å². The minimum Gasteiger partial charge on any atom is -0.289 e. The number of carbonyl (C=O) groups excluding carboxylic acids is 2. The molecule has 0 fully saturated rings. The van der Waals surface area contributed by atoms with Crippen LogP contribution >= 0.6 is 0 Å². The summed E-state index contributed by atoms with van der Waals surface area (Å²) in [7, 11) is 0. The normalized spacial score (nSPS) is 10.7. The van der Waals surface area contributed by atoms with Crippen LogP contribution in [0.15, 0.2) is 97.1 Å². The largest absolute Gasteiger partial charge is 0.289 e. The van der Waals surface area contributed by atoms with E-state index in [0.717, 1.165) is 18.4 Å². The Morgan fingerprint density at radius 3 is 1.22 bits per heavy atom. The summed E-state index contributed by atoms with van der Waals surface area (Å²) in [6, 6.07) is 30.9. The monoisotopic (exact) mass is 418 g/mol. The third-order valence-electron chi connectivity index (χ3n) is 5.78. The molecule has 0 aliphatic carbocycles. The van der Waals surface area contributed by atoms with Crippen LogP contribution in [0.25, 0.3) is 0 Å². The number of benzene rings is 4. The number of ketones is 2. The summed E-state index contributed by atoms with van der Waals surface area (Å²) >= 11 is 0. The molecule has 0 radical (unpaired) electrons. The van der Waals surface area contributed by atoms with Gasteiger partial charge in [-0.3, -0.25) is 9.59 Å². The fraction of sp³-hybridized carbons (Fsp3) is 0.133. The van der Waals surface area contributed by atoms with Gasteiger partial charge in [0.15, 0.2) is 11.6 Å². The summed E-state index contributed by atoms with van der Waals surface area (Å²) in [5.41, 5.74) is 7.33. The first-order valence-corrected chi connectivity index (χ1v) is 11.0. The van der Waals surface area contributed by atoms with Crippen molar-refractivity contribution in [2.45, 2.75) is 26.7 Å². The number of rotatable bonds is 7. The highest BCUT2D eigenvalue weighted by Crippen LogP contribution is 2.17.